The van der Waals surface area contributed by atoms with Gasteiger partial charge in [-0.2, -0.15) is 0 Å². The van der Waals surface area contributed by atoms with Gasteiger partial charge in [-0.05, 0) is 18.0 Å². The standard InChI is InChI=1S/C8H12N4OS2/c1-3-5-7(15-11-10-5)8(13)12(2)4-6(9)14/h3-4H2,1-2H3,(H2,9,14). The third-order valence-corrected chi connectivity index (χ3v) is 2.71. The first-order valence-corrected chi connectivity index (χ1v) is 5.59. The van der Waals surface area contributed by atoms with Gasteiger partial charge < -0.3 is 10.6 Å². The quantitative estimate of drug-likeness (QED) is 0.779. The fourth-order valence-electron chi connectivity index (χ4n) is 1.08. The van der Waals surface area contributed by atoms with Gasteiger partial charge in [-0.1, -0.05) is 23.6 Å². The maximum absolute atomic E-state index is 11.9. The normalized spacial score (nSPS) is 10.0. The van der Waals surface area contributed by atoms with Crippen molar-refractivity contribution in [2.75, 3.05) is 13.6 Å². The van der Waals surface area contributed by atoms with E-state index in [4.69, 9.17) is 18.0 Å². The zero-order valence-electron chi connectivity index (χ0n) is 8.56. The van der Waals surface area contributed by atoms with E-state index < -0.39 is 0 Å². The minimum atomic E-state index is -0.130. The lowest BCUT2D eigenvalue weighted by atomic mass is 10.3. The van der Waals surface area contributed by atoms with Crippen molar-refractivity contribution >= 4 is 34.6 Å². The molecule has 0 fully saturated rings. The molecule has 0 aromatic carbocycles. The van der Waals surface area contributed by atoms with Crippen LogP contribution in [0.2, 0.25) is 0 Å². The molecule has 2 N–H and O–H groups in total. The second-order valence-corrected chi connectivity index (χ2v) is 4.31. The summed E-state index contributed by atoms with van der Waals surface area (Å²) < 4.78 is 3.76. The molecule has 0 spiro atoms. The number of hydrogen-bond acceptors (Lipinski definition) is 5. The van der Waals surface area contributed by atoms with Gasteiger partial charge in [0.1, 0.15) is 4.88 Å². The molecule has 1 heterocycles. The molecular formula is C8H12N4OS2. The van der Waals surface area contributed by atoms with Gasteiger partial charge in [0.25, 0.3) is 5.91 Å². The van der Waals surface area contributed by atoms with Gasteiger partial charge in [0, 0.05) is 7.05 Å². The second-order valence-electron chi connectivity index (χ2n) is 3.03. The van der Waals surface area contributed by atoms with Gasteiger partial charge in [0.2, 0.25) is 0 Å². The van der Waals surface area contributed by atoms with Gasteiger partial charge in [-0.25, -0.2) is 0 Å². The number of carbonyl (C=O) groups is 1. The molecule has 0 radical (unpaired) electrons. The Morgan fingerprint density at radius 1 is 1.67 bits per heavy atom. The van der Waals surface area contributed by atoms with Gasteiger partial charge in [0.05, 0.1) is 17.2 Å². The summed E-state index contributed by atoms with van der Waals surface area (Å²) in [6, 6.07) is 0. The molecule has 0 aliphatic rings. The van der Waals surface area contributed by atoms with E-state index in [9.17, 15) is 4.79 Å². The molecule has 0 saturated carbocycles. The third kappa shape index (κ3) is 2.93. The molecular weight excluding hydrogens is 232 g/mol. The topological polar surface area (TPSA) is 72.1 Å². The third-order valence-electron chi connectivity index (χ3n) is 1.82. The molecule has 1 rings (SSSR count). The molecule has 5 nitrogen and oxygen atoms in total. The Morgan fingerprint density at radius 2 is 2.33 bits per heavy atom. The Labute approximate surface area is 97.4 Å². The van der Waals surface area contributed by atoms with Crippen LogP contribution in [0.25, 0.3) is 0 Å². The zero-order chi connectivity index (χ0) is 11.4. The van der Waals surface area contributed by atoms with E-state index in [2.05, 4.69) is 9.59 Å². The molecule has 0 aliphatic carbocycles. The van der Waals surface area contributed by atoms with Crippen LogP contribution in [0.1, 0.15) is 22.3 Å². The van der Waals surface area contributed by atoms with E-state index in [1.165, 1.54) is 4.90 Å². The Morgan fingerprint density at radius 3 is 2.87 bits per heavy atom. The molecule has 0 aliphatic heterocycles. The fraction of sp³-hybridized carbons (Fsp3) is 0.500. The van der Waals surface area contributed by atoms with E-state index in [-0.39, 0.29) is 12.5 Å². The number of likely N-dealkylation sites (N-methyl/N-ethyl adjacent to an activating group) is 1. The van der Waals surface area contributed by atoms with Crippen molar-refractivity contribution in [1.82, 2.24) is 14.5 Å². The summed E-state index contributed by atoms with van der Waals surface area (Å²) in [5, 5.41) is 3.87. The highest BCUT2D eigenvalue weighted by atomic mass is 32.1. The lowest BCUT2D eigenvalue weighted by Crippen LogP contribution is -2.34. The highest BCUT2D eigenvalue weighted by molar-refractivity contribution is 7.80. The van der Waals surface area contributed by atoms with Crippen LogP contribution in [0, 0.1) is 0 Å². The SMILES string of the molecule is CCc1nnsc1C(=O)N(C)CC(N)=S. The maximum Gasteiger partial charge on any atom is 0.267 e. The largest absolute Gasteiger partial charge is 0.392 e. The Bertz CT molecular complexity index is 376. The molecule has 7 heteroatoms. The lowest BCUT2D eigenvalue weighted by molar-refractivity contribution is 0.0818. The number of thiocarbonyl (C=S) groups is 1. The number of aromatic nitrogens is 2. The molecule has 0 saturated heterocycles. The number of nitrogens with zero attached hydrogens (tertiary/aromatic N) is 3. The van der Waals surface area contributed by atoms with E-state index >= 15 is 0 Å². The van der Waals surface area contributed by atoms with Crippen molar-refractivity contribution in [2.45, 2.75) is 13.3 Å². The summed E-state index contributed by atoms with van der Waals surface area (Å²) in [4.78, 5) is 14.2. The van der Waals surface area contributed by atoms with Crippen molar-refractivity contribution < 1.29 is 4.79 Å². The molecule has 1 aromatic rings. The number of rotatable bonds is 4. The first-order valence-electron chi connectivity index (χ1n) is 4.41. The van der Waals surface area contributed by atoms with Crippen LogP contribution in [-0.4, -0.2) is 39.0 Å². The Kier molecular flexibility index (Phi) is 4.10. The average Bonchev–Trinajstić information content (AvgIpc) is 2.62. The zero-order valence-corrected chi connectivity index (χ0v) is 10.2. The van der Waals surface area contributed by atoms with E-state index in [0.717, 1.165) is 17.2 Å². The van der Waals surface area contributed by atoms with Crippen molar-refractivity contribution in [1.29, 1.82) is 0 Å². The second kappa shape index (κ2) is 5.13. The molecule has 82 valence electrons. The first kappa shape index (κ1) is 12.0. The van der Waals surface area contributed by atoms with Crippen LogP contribution in [0.3, 0.4) is 0 Å². The monoisotopic (exact) mass is 244 g/mol. The van der Waals surface area contributed by atoms with Gasteiger partial charge in [-0.3, -0.25) is 4.79 Å². The van der Waals surface area contributed by atoms with Crippen LogP contribution in [0.15, 0.2) is 0 Å². The number of hydrogen-bond donors (Lipinski definition) is 1. The van der Waals surface area contributed by atoms with Crippen molar-refractivity contribution in [3.63, 3.8) is 0 Å². The summed E-state index contributed by atoms with van der Waals surface area (Å²) in [5.74, 6) is -0.130. The number of carbonyl (C=O) groups excluding carboxylic acids is 1. The van der Waals surface area contributed by atoms with E-state index in [0.29, 0.717) is 16.3 Å². The van der Waals surface area contributed by atoms with Crippen LogP contribution >= 0.6 is 23.8 Å². The number of nitrogens with two attached hydrogens (primary N) is 1. The van der Waals surface area contributed by atoms with E-state index in [1.54, 1.807) is 7.05 Å². The van der Waals surface area contributed by atoms with Crippen LogP contribution in [-0.2, 0) is 6.42 Å². The van der Waals surface area contributed by atoms with Crippen LogP contribution < -0.4 is 5.73 Å². The van der Waals surface area contributed by atoms with Crippen LogP contribution in [0.4, 0.5) is 0 Å². The maximum atomic E-state index is 11.9. The summed E-state index contributed by atoms with van der Waals surface area (Å²) in [5.41, 5.74) is 6.09. The highest BCUT2D eigenvalue weighted by Gasteiger charge is 2.18. The smallest absolute Gasteiger partial charge is 0.267 e. The highest BCUT2D eigenvalue weighted by Crippen LogP contribution is 2.13. The van der Waals surface area contributed by atoms with Crippen molar-refractivity contribution in [3.8, 4) is 0 Å². The lowest BCUT2D eigenvalue weighted by Gasteiger charge is -2.14. The minimum Gasteiger partial charge on any atom is -0.392 e. The molecule has 1 amide bonds. The summed E-state index contributed by atoms with van der Waals surface area (Å²) >= 11 is 5.84. The fourth-order valence-corrected chi connectivity index (χ4v) is 2.02. The molecule has 0 unspecified atom stereocenters. The molecule has 15 heavy (non-hydrogen) atoms. The van der Waals surface area contributed by atoms with Crippen LogP contribution in [0.5, 0.6) is 0 Å². The first-order chi connectivity index (χ1) is 7.06. The van der Waals surface area contributed by atoms with Gasteiger partial charge >= 0.3 is 0 Å². The Hall–Kier alpha value is -1.08. The summed E-state index contributed by atoms with van der Waals surface area (Å²) in [7, 11) is 1.65. The van der Waals surface area contributed by atoms with Crippen molar-refractivity contribution in [3.05, 3.63) is 10.6 Å². The van der Waals surface area contributed by atoms with Gasteiger partial charge in [0.15, 0.2) is 0 Å². The summed E-state index contributed by atoms with van der Waals surface area (Å²) in [6.45, 7) is 2.20. The van der Waals surface area contributed by atoms with Gasteiger partial charge in [-0.15, -0.1) is 5.10 Å². The number of amides is 1. The number of aryl methyl sites for hydroxylation is 1. The average molecular weight is 244 g/mol. The molecule has 0 atom stereocenters. The van der Waals surface area contributed by atoms with Crippen molar-refractivity contribution in [2.24, 2.45) is 5.73 Å². The summed E-state index contributed by atoms with van der Waals surface area (Å²) in [6.07, 6.45) is 0.693. The van der Waals surface area contributed by atoms with E-state index in [1.807, 2.05) is 6.92 Å². The Balaban J connectivity index is 2.80. The molecule has 1 aromatic heterocycles. The molecule has 0 bridgehead atoms. The predicted octanol–water partition coefficient (Wildman–Crippen LogP) is 0.459. The predicted molar refractivity (Wildman–Crippen MR) is 63.0 cm³/mol. The minimum absolute atomic E-state index is 0.130.